The van der Waals surface area contributed by atoms with E-state index >= 15 is 0 Å². The predicted molar refractivity (Wildman–Crippen MR) is 91.8 cm³/mol. The summed E-state index contributed by atoms with van der Waals surface area (Å²) in [5, 5.41) is 19.4. The van der Waals surface area contributed by atoms with E-state index in [0.29, 0.717) is 11.1 Å². The second kappa shape index (κ2) is 6.84. The van der Waals surface area contributed by atoms with E-state index in [0.717, 1.165) is 16.7 Å². The molecule has 0 radical (unpaired) electrons. The summed E-state index contributed by atoms with van der Waals surface area (Å²) < 4.78 is 5.70. The molecule has 1 atom stereocenters. The third kappa shape index (κ3) is 3.62. The summed E-state index contributed by atoms with van der Waals surface area (Å²) in [7, 11) is 0. The van der Waals surface area contributed by atoms with Crippen molar-refractivity contribution in [2.45, 2.75) is 24.3 Å². The highest BCUT2D eigenvalue weighted by atomic mass is 32.2. The first-order valence-electron chi connectivity index (χ1n) is 7.34. The number of aryl methyl sites for hydroxylation is 1. The Labute approximate surface area is 143 Å². The molecule has 0 amide bonds. The van der Waals surface area contributed by atoms with Gasteiger partial charge in [0.2, 0.25) is 5.89 Å². The van der Waals surface area contributed by atoms with E-state index < -0.39 is 4.92 Å². The molecule has 7 heteroatoms. The molecular formula is C17H15N3O3S. The van der Waals surface area contributed by atoms with Crippen LogP contribution >= 0.6 is 11.8 Å². The fourth-order valence-electron chi connectivity index (χ4n) is 2.26. The summed E-state index contributed by atoms with van der Waals surface area (Å²) in [5.41, 5.74) is 2.90. The zero-order chi connectivity index (χ0) is 17.1. The molecule has 0 aliphatic carbocycles. The zero-order valence-electron chi connectivity index (χ0n) is 13.2. The number of hydrogen-bond acceptors (Lipinski definition) is 6. The number of benzene rings is 2. The van der Waals surface area contributed by atoms with Crippen LogP contribution in [0.1, 0.15) is 23.3 Å². The number of nitro groups is 1. The van der Waals surface area contributed by atoms with Crippen molar-refractivity contribution in [3.63, 3.8) is 0 Å². The molecule has 0 saturated carbocycles. The summed E-state index contributed by atoms with van der Waals surface area (Å²) in [5.74, 6) is 0.465. The Morgan fingerprint density at radius 3 is 2.71 bits per heavy atom. The van der Waals surface area contributed by atoms with Crippen LogP contribution in [0.5, 0.6) is 0 Å². The lowest BCUT2D eigenvalue weighted by Gasteiger charge is -2.08. The maximum Gasteiger partial charge on any atom is 0.277 e. The minimum atomic E-state index is -0.399. The molecular weight excluding hydrogens is 326 g/mol. The van der Waals surface area contributed by atoms with Gasteiger partial charge in [0, 0.05) is 22.9 Å². The van der Waals surface area contributed by atoms with Gasteiger partial charge in [-0.3, -0.25) is 10.1 Å². The number of hydrogen-bond donors (Lipinski definition) is 0. The molecule has 0 N–H and O–H groups in total. The lowest BCUT2D eigenvalue weighted by atomic mass is 10.1. The molecule has 0 unspecified atom stereocenters. The van der Waals surface area contributed by atoms with Gasteiger partial charge in [0.25, 0.3) is 10.9 Å². The average molecular weight is 341 g/mol. The van der Waals surface area contributed by atoms with Crippen LogP contribution in [-0.4, -0.2) is 15.1 Å². The number of non-ortho nitro benzene ring substituents is 1. The van der Waals surface area contributed by atoms with Crippen LogP contribution < -0.4 is 0 Å². The van der Waals surface area contributed by atoms with E-state index in [1.54, 1.807) is 12.1 Å². The second-order valence-electron chi connectivity index (χ2n) is 5.35. The van der Waals surface area contributed by atoms with Crippen molar-refractivity contribution in [2.75, 3.05) is 0 Å². The quantitative estimate of drug-likeness (QED) is 0.376. The Morgan fingerprint density at radius 2 is 1.96 bits per heavy atom. The summed E-state index contributed by atoms with van der Waals surface area (Å²) in [6.45, 7) is 3.94. The molecule has 122 valence electrons. The average Bonchev–Trinajstić information content (AvgIpc) is 3.03. The van der Waals surface area contributed by atoms with Crippen LogP contribution in [-0.2, 0) is 0 Å². The van der Waals surface area contributed by atoms with Crippen LogP contribution in [0.25, 0.3) is 11.5 Å². The Balaban J connectivity index is 1.77. The van der Waals surface area contributed by atoms with Crippen LogP contribution in [0.2, 0.25) is 0 Å². The van der Waals surface area contributed by atoms with Gasteiger partial charge >= 0.3 is 0 Å². The van der Waals surface area contributed by atoms with Crippen molar-refractivity contribution >= 4 is 17.4 Å². The van der Waals surface area contributed by atoms with Gasteiger partial charge in [-0.1, -0.05) is 41.6 Å². The smallest absolute Gasteiger partial charge is 0.277 e. The molecule has 0 aliphatic rings. The van der Waals surface area contributed by atoms with E-state index in [-0.39, 0.29) is 10.9 Å². The first kappa shape index (κ1) is 16.2. The topological polar surface area (TPSA) is 82.1 Å². The summed E-state index contributed by atoms with van der Waals surface area (Å²) in [4.78, 5) is 10.5. The van der Waals surface area contributed by atoms with Crippen molar-refractivity contribution in [1.82, 2.24) is 10.2 Å². The molecule has 0 fully saturated rings. The van der Waals surface area contributed by atoms with Gasteiger partial charge < -0.3 is 4.42 Å². The summed E-state index contributed by atoms with van der Waals surface area (Å²) in [6.07, 6.45) is 0. The number of thioether (sulfide) groups is 1. The molecule has 0 spiro atoms. The van der Waals surface area contributed by atoms with E-state index in [1.165, 1.54) is 17.8 Å². The molecule has 0 saturated heterocycles. The fourth-order valence-corrected chi connectivity index (χ4v) is 3.06. The number of aromatic nitrogens is 2. The molecule has 2 aromatic carbocycles. The van der Waals surface area contributed by atoms with Crippen molar-refractivity contribution in [2.24, 2.45) is 0 Å². The van der Waals surface area contributed by atoms with Gasteiger partial charge in [0.05, 0.1) is 4.92 Å². The van der Waals surface area contributed by atoms with Gasteiger partial charge in [0.15, 0.2) is 0 Å². The van der Waals surface area contributed by atoms with Crippen LogP contribution in [0.15, 0.2) is 58.2 Å². The highest BCUT2D eigenvalue weighted by Crippen LogP contribution is 2.36. The standard InChI is InChI=1S/C17H15N3O3S/c1-11-5-3-7-14(9-11)16-18-19-17(23-16)24-12(2)13-6-4-8-15(10-13)20(21)22/h3-10,12H,1-2H3/t12-/m1/s1. The maximum absolute atomic E-state index is 10.9. The molecule has 3 aromatic rings. The first-order chi connectivity index (χ1) is 11.5. The molecule has 1 aromatic heterocycles. The highest BCUT2D eigenvalue weighted by Gasteiger charge is 2.16. The second-order valence-corrected chi connectivity index (χ2v) is 6.65. The fraction of sp³-hybridized carbons (Fsp3) is 0.176. The van der Waals surface area contributed by atoms with Crippen molar-refractivity contribution in [1.29, 1.82) is 0 Å². The molecule has 0 bridgehead atoms. The van der Waals surface area contributed by atoms with Crippen molar-refractivity contribution in [3.05, 3.63) is 69.8 Å². The van der Waals surface area contributed by atoms with E-state index in [2.05, 4.69) is 10.2 Å². The van der Waals surface area contributed by atoms with E-state index in [1.807, 2.05) is 44.2 Å². The molecule has 0 aliphatic heterocycles. The largest absolute Gasteiger partial charge is 0.411 e. The summed E-state index contributed by atoms with van der Waals surface area (Å²) >= 11 is 1.37. The van der Waals surface area contributed by atoms with Gasteiger partial charge in [-0.05, 0) is 31.5 Å². The molecule has 6 nitrogen and oxygen atoms in total. The number of nitrogens with zero attached hydrogens (tertiary/aromatic N) is 3. The highest BCUT2D eigenvalue weighted by molar-refractivity contribution is 7.99. The summed E-state index contributed by atoms with van der Waals surface area (Å²) in [6, 6.07) is 14.4. The van der Waals surface area contributed by atoms with Gasteiger partial charge in [-0.25, -0.2) is 0 Å². The van der Waals surface area contributed by atoms with Gasteiger partial charge in [-0.15, -0.1) is 10.2 Å². The maximum atomic E-state index is 10.9. The SMILES string of the molecule is Cc1cccc(-c2nnc(S[C@H](C)c3cccc([N+](=O)[O-])c3)o2)c1. The lowest BCUT2D eigenvalue weighted by Crippen LogP contribution is -1.92. The zero-order valence-corrected chi connectivity index (χ0v) is 14.0. The monoisotopic (exact) mass is 341 g/mol. The van der Waals surface area contributed by atoms with Gasteiger partial charge in [0.1, 0.15) is 0 Å². The minimum absolute atomic E-state index is 0.0456. The van der Waals surface area contributed by atoms with E-state index in [9.17, 15) is 10.1 Å². The third-order valence-electron chi connectivity index (χ3n) is 3.50. The molecule has 3 rings (SSSR count). The van der Waals surface area contributed by atoms with Crippen LogP contribution in [0, 0.1) is 17.0 Å². The Morgan fingerprint density at radius 1 is 1.17 bits per heavy atom. The Kier molecular flexibility index (Phi) is 4.61. The predicted octanol–water partition coefficient (Wildman–Crippen LogP) is 4.81. The van der Waals surface area contributed by atoms with Gasteiger partial charge in [-0.2, -0.15) is 0 Å². The number of rotatable bonds is 5. The third-order valence-corrected chi connectivity index (χ3v) is 4.49. The molecule has 24 heavy (non-hydrogen) atoms. The molecule has 1 heterocycles. The van der Waals surface area contributed by atoms with Crippen LogP contribution in [0.4, 0.5) is 5.69 Å². The lowest BCUT2D eigenvalue weighted by molar-refractivity contribution is -0.384. The first-order valence-corrected chi connectivity index (χ1v) is 8.22. The Bertz CT molecular complexity index is 879. The number of nitro benzene ring substituents is 1. The van der Waals surface area contributed by atoms with Crippen molar-refractivity contribution < 1.29 is 9.34 Å². The van der Waals surface area contributed by atoms with Crippen molar-refractivity contribution in [3.8, 4) is 11.5 Å². The Hall–Kier alpha value is -2.67. The van der Waals surface area contributed by atoms with Crippen LogP contribution in [0.3, 0.4) is 0 Å². The van der Waals surface area contributed by atoms with E-state index in [4.69, 9.17) is 4.42 Å². The normalized spacial score (nSPS) is 12.1. The minimum Gasteiger partial charge on any atom is -0.411 e.